The Morgan fingerprint density at radius 1 is 1.45 bits per heavy atom. The maximum atomic E-state index is 12.6. The summed E-state index contributed by atoms with van der Waals surface area (Å²) in [5.74, 6) is -1.07. The minimum absolute atomic E-state index is 0.157. The van der Waals surface area contributed by atoms with E-state index in [-0.39, 0.29) is 18.7 Å². The Bertz CT molecular complexity index is 756. The fraction of sp³-hybridized carbons (Fsp3) is 0.267. The average molecular weight is 365 g/mol. The molecule has 2 heterocycles. The van der Waals surface area contributed by atoms with Crippen LogP contribution < -0.4 is 0 Å². The van der Waals surface area contributed by atoms with Crippen molar-refractivity contribution in [3.8, 4) is 0 Å². The third-order valence-electron chi connectivity index (χ3n) is 3.82. The molecule has 0 bridgehead atoms. The Balaban J connectivity index is 2.01. The van der Waals surface area contributed by atoms with Crippen molar-refractivity contribution in [3.63, 3.8) is 0 Å². The second-order valence-corrected chi connectivity index (χ2v) is 5.98. The number of rotatable bonds is 2. The number of benzene rings is 1. The molecule has 3 rings (SSSR count). The van der Waals surface area contributed by atoms with Crippen LogP contribution >= 0.6 is 15.9 Å². The summed E-state index contributed by atoms with van der Waals surface area (Å²) in [6, 6.07) is 4.72. The van der Waals surface area contributed by atoms with Gasteiger partial charge in [0.2, 0.25) is 0 Å². The van der Waals surface area contributed by atoms with Crippen molar-refractivity contribution in [2.75, 3.05) is 0 Å². The van der Waals surface area contributed by atoms with Crippen molar-refractivity contribution in [2.45, 2.75) is 25.9 Å². The van der Waals surface area contributed by atoms with Gasteiger partial charge in [0.05, 0.1) is 0 Å². The van der Waals surface area contributed by atoms with E-state index in [1.54, 1.807) is 6.92 Å². The minimum Gasteiger partial charge on any atom is -0.480 e. The van der Waals surface area contributed by atoms with Crippen molar-refractivity contribution < 1.29 is 19.1 Å². The number of hydrogen-bond acceptors (Lipinski definition) is 4. The zero-order chi connectivity index (χ0) is 15.9. The van der Waals surface area contributed by atoms with Gasteiger partial charge < -0.3 is 14.4 Å². The highest BCUT2D eigenvalue weighted by Gasteiger charge is 2.37. The first-order valence-corrected chi connectivity index (χ1v) is 7.48. The number of amides is 1. The molecule has 1 atom stereocenters. The first-order chi connectivity index (χ1) is 10.5. The van der Waals surface area contributed by atoms with Gasteiger partial charge in [-0.2, -0.15) is 0 Å². The van der Waals surface area contributed by atoms with Gasteiger partial charge in [0.1, 0.15) is 11.8 Å². The zero-order valence-electron chi connectivity index (χ0n) is 11.7. The van der Waals surface area contributed by atoms with Crippen molar-refractivity contribution in [1.82, 2.24) is 9.88 Å². The highest BCUT2D eigenvalue weighted by atomic mass is 79.9. The third kappa shape index (κ3) is 2.41. The molecule has 22 heavy (non-hydrogen) atoms. The summed E-state index contributed by atoms with van der Waals surface area (Å²) in [7, 11) is 0. The number of aryl methyl sites for hydroxylation is 1. The van der Waals surface area contributed by atoms with E-state index in [4.69, 9.17) is 4.42 Å². The standard InChI is InChI=1S/C15H13BrN2O4/c1-8-13(17-7-22-8)14(19)18-6-9-3-2-4-11(16)10(9)5-12(18)15(20)21/h2-4,7,12H,5-6H2,1H3,(H,20,21). The molecule has 0 radical (unpaired) electrons. The van der Waals surface area contributed by atoms with Gasteiger partial charge in [-0.25, -0.2) is 9.78 Å². The van der Waals surface area contributed by atoms with Crippen LogP contribution in [0.2, 0.25) is 0 Å². The molecule has 0 saturated carbocycles. The number of nitrogens with zero attached hydrogens (tertiary/aromatic N) is 2. The van der Waals surface area contributed by atoms with Crippen LogP contribution in [0.5, 0.6) is 0 Å². The van der Waals surface area contributed by atoms with E-state index in [1.165, 1.54) is 11.3 Å². The molecule has 2 aromatic rings. The highest BCUT2D eigenvalue weighted by Crippen LogP contribution is 2.30. The van der Waals surface area contributed by atoms with Crippen LogP contribution in [0.1, 0.15) is 27.4 Å². The van der Waals surface area contributed by atoms with E-state index >= 15 is 0 Å². The molecule has 0 aliphatic carbocycles. The number of carbonyl (C=O) groups excluding carboxylic acids is 1. The normalized spacial score (nSPS) is 17.2. The van der Waals surface area contributed by atoms with Crippen LogP contribution in [0.15, 0.2) is 33.5 Å². The minimum atomic E-state index is -1.03. The molecule has 6 nitrogen and oxygen atoms in total. The number of fused-ring (bicyclic) bond motifs is 1. The second-order valence-electron chi connectivity index (χ2n) is 5.13. The largest absolute Gasteiger partial charge is 0.480 e. The molecule has 114 valence electrons. The van der Waals surface area contributed by atoms with Gasteiger partial charge in [-0.05, 0) is 24.1 Å². The van der Waals surface area contributed by atoms with E-state index in [0.29, 0.717) is 5.76 Å². The smallest absolute Gasteiger partial charge is 0.326 e. The van der Waals surface area contributed by atoms with Gasteiger partial charge >= 0.3 is 5.97 Å². The Morgan fingerprint density at radius 3 is 2.86 bits per heavy atom. The fourth-order valence-corrected chi connectivity index (χ4v) is 3.23. The fourth-order valence-electron chi connectivity index (χ4n) is 2.66. The molecule has 1 N–H and O–H groups in total. The molecule has 1 aromatic heterocycles. The Morgan fingerprint density at radius 2 is 2.23 bits per heavy atom. The first kappa shape index (κ1) is 14.8. The van der Waals surface area contributed by atoms with E-state index in [2.05, 4.69) is 20.9 Å². The van der Waals surface area contributed by atoms with Gasteiger partial charge in [0.15, 0.2) is 12.1 Å². The number of aromatic nitrogens is 1. The molecular formula is C15H13BrN2O4. The van der Waals surface area contributed by atoms with Crippen molar-refractivity contribution in [2.24, 2.45) is 0 Å². The van der Waals surface area contributed by atoms with Crippen LogP contribution in [0.25, 0.3) is 0 Å². The Hall–Kier alpha value is -2.15. The summed E-state index contributed by atoms with van der Waals surface area (Å²) < 4.78 is 5.91. The summed E-state index contributed by atoms with van der Waals surface area (Å²) >= 11 is 3.44. The van der Waals surface area contributed by atoms with Crippen LogP contribution in [-0.4, -0.2) is 32.9 Å². The molecule has 1 aromatic carbocycles. The summed E-state index contributed by atoms with van der Waals surface area (Å²) in [6.07, 6.45) is 1.45. The zero-order valence-corrected chi connectivity index (χ0v) is 13.3. The molecule has 0 saturated heterocycles. The van der Waals surface area contributed by atoms with Crippen LogP contribution in [0.4, 0.5) is 0 Å². The van der Waals surface area contributed by atoms with Crippen LogP contribution in [0.3, 0.4) is 0 Å². The van der Waals surface area contributed by atoms with Gasteiger partial charge in [0.25, 0.3) is 5.91 Å². The lowest BCUT2D eigenvalue weighted by Crippen LogP contribution is -2.49. The maximum Gasteiger partial charge on any atom is 0.326 e. The topological polar surface area (TPSA) is 83.6 Å². The number of halogens is 1. The van der Waals surface area contributed by atoms with E-state index in [0.717, 1.165) is 15.6 Å². The molecule has 0 fully saturated rings. The number of carboxylic acids is 1. The van der Waals surface area contributed by atoms with Crippen LogP contribution in [-0.2, 0) is 17.8 Å². The highest BCUT2D eigenvalue weighted by molar-refractivity contribution is 9.10. The first-order valence-electron chi connectivity index (χ1n) is 6.69. The number of hydrogen-bond donors (Lipinski definition) is 1. The van der Waals surface area contributed by atoms with Crippen molar-refractivity contribution in [1.29, 1.82) is 0 Å². The van der Waals surface area contributed by atoms with Gasteiger partial charge in [-0.15, -0.1) is 0 Å². The number of aliphatic carboxylic acids is 1. The molecule has 7 heteroatoms. The predicted molar refractivity (Wildman–Crippen MR) is 80.4 cm³/mol. The van der Waals surface area contributed by atoms with Crippen molar-refractivity contribution in [3.05, 3.63) is 51.6 Å². The third-order valence-corrected chi connectivity index (χ3v) is 4.57. The maximum absolute atomic E-state index is 12.6. The number of carboxylic acid groups (broad SMARTS) is 1. The molecule has 0 spiro atoms. The summed E-state index contributed by atoms with van der Waals surface area (Å²) in [4.78, 5) is 29.4. The summed E-state index contributed by atoms with van der Waals surface area (Å²) in [5, 5.41) is 9.49. The predicted octanol–water partition coefficient (Wildman–Crippen LogP) is 2.40. The van der Waals surface area contributed by atoms with Gasteiger partial charge in [-0.3, -0.25) is 4.79 Å². The van der Waals surface area contributed by atoms with Crippen molar-refractivity contribution >= 4 is 27.8 Å². The molecule has 1 aliphatic heterocycles. The van der Waals surface area contributed by atoms with E-state index in [9.17, 15) is 14.7 Å². The average Bonchev–Trinajstić information content (AvgIpc) is 2.91. The van der Waals surface area contributed by atoms with E-state index in [1.807, 2.05) is 18.2 Å². The lowest BCUT2D eigenvalue weighted by atomic mass is 9.93. The van der Waals surface area contributed by atoms with Gasteiger partial charge in [0, 0.05) is 17.4 Å². The number of carbonyl (C=O) groups is 2. The lowest BCUT2D eigenvalue weighted by Gasteiger charge is -2.34. The monoisotopic (exact) mass is 364 g/mol. The molecule has 1 unspecified atom stereocenters. The second kappa shape index (κ2) is 5.57. The lowest BCUT2D eigenvalue weighted by molar-refractivity contribution is -0.142. The molecular weight excluding hydrogens is 352 g/mol. The van der Waals surface area contributed by atoms with Crippen LogP contribution in [0, 0.1) is 6.92 Å². The quantitative estimate of drug-likeness (QED) is 0.884. The van der Waals surface area contributed by atoms with E-state index < -0.39 is 17.9 Å². The summed E-state index contributed by atoms with van der Waals surface area (Å²) in [6.45, 7) is 1.86. The Kier molecular flexibility index (Phi) is 3.74. The molecule has 1 amide bonds. The SMILES string of the molecule is Cc1ocnc1C(=O)N1Cc2cccc(Br)c2CC1C(=O)O. The Labute approximate surface area is 134 Å². The molecule has 1 aliphatic rings. The van der Waals surface area contributed by atoms with Gasteiger partial charge in [-0.1, -0.05) is 28.1 Å². The number of oxazole rings is 1. The summed E-state index contributed by atoms with van der Waals surface area (Å²) in [5.41, 5.74) is 2.02.